The van der Waals surface area contributed by atoms with Gasteiger partial charge in [-0.25, -0.2) is 4.98 Å². The number of nitrogens with one attached hydrogen (secondary N) is 1. The Hall–Kier alpha value is -2.19. The van der Waals surface area contributed by atoms with Crippen molar-refractivity contribution in [3.8, 4) is 0 Å². The molecule has 1 aromatic carbocycles. The predicted molar refractivity (Wildman–Crippen MR) is 103 cm³/mol. The number of aryl methyl sites for hydroxylation is 2. The van der Waals surface area contributed by atoms with Crippen molar-refractivity contribution >= 4 is 39.7 Å². The molecule has 1 N–H and O–H groups in total. The summed E-state index contributed by atoms with van der Waals surface area (Å²) < 4.78 is 7.25. The number of aromatic nitrogens is 4. The highest BCUT2D eigenvalue weighted by atomic mass is 32.2. The van der Waals surface area contributed by atoms with Crippen molar-refractivity contribution in [1.82, 2.24) is 25.1 Å². The first-order chi connectivity index (χ1) is 12.6. The van der Waals surface area contributed by atoms with Crippen LogP contribution in [0.3, 0.4) is 0 Å². The molecule has 3 aromatic rings. The number of fused-ring (bicyclic) bond motifs is 3. The van der Waals surface area contributed by atoms with Crippen LogP contribution in [-0.4, -0.2) is 51.2 Å². The van der Waals surface area contributed by atoms with Crippen LogP contribution in [0.4, 0.5) is 0 Å². The van der Waals surface area contributed by atoms with Crippen molar-refractivity contribution in [2.24, 2.45) is 7.05 Å². The normalized spacial score (nSPS) is 11.3. The van der Waals surface area contributed by atoms with Crippen LogP contribution in [0.25, 0.3) is 22.1 Å². The number of ether oxygens (including phenoxy) is 1. The van der Waals surface area contributed by atoms with Crippen molar-refractivity contribution in [2.75, 3.05) is 25.5 Å². The fourth-order valence-corrected chi connectivity index (χ4v) is 3.36. The third-order valence-electron chi connectivity index (χ3n) is 4.06. The summed E-state index contributed by atoms with van der Waals surface area (Å²) in [7, 11) is 1.97. The number of carbonyl (C=O) groups is 1. The van der Waals surface area contributed by atoms with E-state index < -0.39 is 0 Å². The SMILES string of the molecule is CCOCCCNC(=O)CSc1nnc2c3cc(C)ccc3n(C)c2n1. The summed E-state index contributed by atoms with van der Waals surface area (Å²) in [6.45, 7) is 5.98. The monoisotopic (exact) mass is 373 g/mol. The molecule has 0 saturated heterocycles. The van der Waals surface area contributed by atoms with Crippen LogP contribution < -0.4 is 5.32 Å². The number of rotatable bonds is 8. The second kappa shape index (κ2) is 8.46. The lowest BCUT2D eigenvalue weighted by atomic mass is 10.2. The number of hydrogen-bond acceptors (Lipinski definition) is 6. The van der Waals surface area contributed by atoms with Gasteiger partial charge in [-0.05, 0) is 32.4 Å². The molecule has 0 fully saturated rings. The van der Waals surface area contributed by atoms with E-state index in [-0.39, 0.29) is 11.7 Å². The Morgan fingerprint density at radius 3 is 3.00 bits per heavy atom. The van der Waals surface area contributed by atoms with Crippen molar-refractivity contribution in [2.45, 2.75) is 25.4 Å². The fraction of sp³-hybridized carbons (Fsp3) is 0.444. The van der Waals surface area contributed by atoms with Gasteiger partial charge in [0.05, 0.1) is 11.3 Å². The van der Waals surface area contributed by atoms with E-state index >= 15 is 0 Å². The second-order valence-corrected chi connectivity index (χ2v) is 6.98. The van der Waals surface area contributed by atoms with E-state index in [1.807, 2.05) is 18.5 Å². The van der Waals surface area contributed by atoms with Crippen LogP contribution in [0.5, 0.6) is 0 Å². The van der Waals surface area contributed by atoms with Gasteiger partial charge in [-0.2, -0.15) is 0 Å². The van der Waals surface area contributed by atoms with Crippen molar-refractivity contribution < 1.29 is 9.53 Å². The first-order valence-corrected chi connectivity index (χ1v) is 9.65. The summed E-state index contributed by atoms with van der Waals surface area (Å²) in [5.74, 6) is 0.230. The van der Waals surface area contributed by atoms with E-state index in [1.54, 1.807) is 0 Å². The molecule has 0 radical (unpaired) electrons. The van der Waals surface area contributed by atoms with E-state index in [9.17, 15) is 4.79 Å². The maximum Gasteiger partial charge on any atom is 0.230 e. The Bertz CT molecular complexity index is 925. The zero-order valence-electron chi connectivity index (χ0n) is 15.3. The standard InChI is InChI=1S/C18H23N5O2S/c1-4-25-9-5-8-19-15(24)11-26-18-20-17-16(21-22-18)13-10-12(2)6-7-14(13)23(17)3/h6-7,10H,4-5,8-9,11H2,1-3H3,(H,19,24). The molecule has 7 nitrogen and oxygen atoms in total. The van der Waals surface area contributed by atoms with Crippen LogP contribution in [0.15, 0.2) is 23.4 Å². The molecule has 0 unspecified atom stereocenters. The molecule has 0 aliphatic carbocycles. The van der Waals surface area contributed by atoms with Gasteiger partial charge >= 0.3 is 0 Å². The van der Waals surface area contributed by atoms with Gasteiger partial charge in [-0.3, -0.25) is 4.79 Å². The minimum Gasteiger partial charge on any atom is -0.382 e. The minimum absolute atomic E-state index is 0.0390. The van der Waals surface area contributed by atoms with E-state index in [4.69, 9.17) is 4.74 Å². The van der Waals surface area contributed by atoms with Crippen LogP contribution in [0, 0.1) is 6.92 Å². The van der Waals surface area contributed by atoms with Gasteiger partial charge < -0.3 is 14.6 Å². The highest BCUT2D eigenvalue weighted by Crippen LogP contribution is 2.26. The molecule has 2 heterocycles. The zero-order valence-corrected chi connectivity index (χ0v) is 16.1. The third-order valence-corrected chi connectivity index (χ3v) is 4.90. The Morgan fingerprint density at radius 2 is 2.19 bits per heavy atom. The Kier molecular flexibility index (Phi) is 6.05. The highest BCUT2D eigenvalue weighted by molar-refractivity contribution is 7.99. The Labute approximate surface area is 156 Å². The lowest BCUT2D eigenvalue weighted by Crippen LogP contribution is -2.27. The van der Waals surface area contributed by atoms with E-state index in [1.165, 1.54) is 17.3 Å². The molecule has 2 aromatic heterocycles. The molecule has 138 valence electrons. The number of hydrogen-bond donors (Lipinski definition) is 1. The summed E-state index contributed by atoms with van der Waals surface area (Å²) in [6, 6.07) is 6.23. The quantitative estimate of drug-likeness (QED) is 0.482. The number of nitrogens with zero attached hydrogens (tertiary/aromatic N) is 4. The van der Waals surface area contributed by atoms with Gasteiger partial charge in [0.25, 0.3) is 0 Å². The highest BCUT2D eigenvalue weighted by Gasteiger charge is 2.13. The maximum absolute atomic E-state index is 11.9. The largest absolute Gasteiger partial charge is 0.382 e. The molecule has 26 heavy (non-hydrogen) atoms. The summed E-state index contributed by atoms with van der Waals surface area (Å²) in [5, 5.41) is 12.9. The average Bonchev–Trinajstić information content (AvgIpc) is 2.91. The molecule has 0 bridgehead atoms. The van der Waals surface area contributed by atoms with Crippen molar-refractivity contribution in [1.29, 1.82) is 0 Å². The molecule has 3 rings (SSSR count). The third kappa shape index (κ3) is 4.13. The van der Waals surface area contributed by atoms with Crippen molar-refractivity contribution in [3.63, 3.8) is 0 Å². The molecule has 1 amide bonds. The van der Waals surface area contributed by atoms with Gasteiger partial charge in [0, 0.05) is 32.2 Å². The smallest absolute Gasteiger partial charge is 0.230 e. The summed E-state index contributed by atoms with van der Waals surface area (Å²) in [5.41, 5.74) is 3.81. The molecule has 8 heteroatoms. The first-order valence-electron chi connectivity index (χ1n) is 8.67. The Morgan fingerprint density at radius 1 is 1.35 bits per heavy atom. The molecular weight excluding hydrogens is 350 g/mol. The average molecular weight is 373 g/mol. The lowest BCUT2D eigenvalue weighted by molar-refractivity contribution is -0.118. The van der Waals surface area contributed by atoms with E-state index in [2.05, 4.69) is 45.6 Å². The van der Waals surface area contributed by atoms with Crippen LogP contribution >= 0.6 is 11.8 Å². The molecule has 0 atom stereocenters. The summed E-state index contributed by atoms with van der Waals surface area (Å²) >= 11 is 1.29. The summed E-state index contributed by atoms with van der Waals surface area (Å²) in [4.78, 5) is 16.5. The van der Waals surface area contributed by atoms with Gasteiger partial charge in [-0.15, -0.1) is 10.2 Å². The predicted octanol–water partition coefficient (Wildman–Crippen LogP) is 2.46. The number of thioether (sulfide) groups is 1. The topological polar surface area (TPSA) is 81.9 Å². The number of carbonyl (C=O) groups excluding carboxylic acids is 1. The van der Waals surface area contributed by atoms with E-state index in [0.29, 0.717) is 24.9 Å². The van der Waals surface area contributed by atoms with Gasteiger partial charge in [0.15, 0.2) is 5.65 Å². The van der Waals surface area contributed by atoms with Crippen LogP contribution in [0.2, 0.25) is 0 Å². The van der Waals surface area contributed by atoms with Crippen LogP contribution in [-0.2, 0) is 16.6 Å². The number of benzene rings is 1. The van der Waals surface area contributed by atoms with Crippen LogP contribution in [0.1, 0.15) is 18.9 Å². The first kappa shape index (κ1) is 18.6. The lowest BCUT2D eigenvalue weighted by Gasteiger charge is -2.04. The molecule has 0 spiro atoms. The summed E-state index contributed by atoms with van der Waals surface area (Å²) in [6.07, 6.45) is 0.809. The molecule has 0 aliphatic heterocycles. The molecule has 0 saturated carbocycles. The second-order valence-electron chi connectivity index (χ2n) is 6.04. The minimum atomic E-state index is -0.0390. The van der Waals surface area contributed by atoms with E-state index in [0.717, 1.165) is 28.5 Å². The fourth-order valence-electron chi connectivity index (χ4n) is 2.75. The Balaban J connectivity index is 1.65. The number of amides is 1. The zero-order chi connectivity index (χ0) is 18.5. The molecular formula is C18H23N5O2S. The van der Waals surface area contributed by atoms with Crippen molar-refractivity contribution in [3.05, 3.63) is 23.8 Å². The van der Waals surface area contributed by atoms with Gasteiger partial charge in [0.2, 0.25) is 11.1 Å². The maximum atomic E-state index is 11.9. The van der Waals surface area contributed by atoms with Gasteiger partial charge in [0.1, 0.15) is 5.52 Å². The van der Waals surface area contributed by atoms with Gasteiger partial charge in [-0.1, -0.05) is 23.4 Å². The molecule has 0 aliphatic rings.